The maximum atomic E-state index is 12.5. The lowest BCUT2D eigenvalue weighted by molar-refractivity contribution is -0.129. The number of nitrogens with one attached hydrogen (secondary N) is 1. The van der Waals surface area contributed by atoms with Crippen molar-refractivity contribution in [3.05, 3.63) is 59.9 Å². The number of hydrogen-bond donors (Lipinski definition) is 1. The highest BCUT2D eigenvalue weighted by Gasteiger charge is 2.22. The van der Waals surface area contributed by atoms with Gasteiger partial charge in [-0.15, -0.1) is 0 Å². The van der Waals surface area contributed by atoms with Crippen molar-refractivity contribution < 1.29 is 9.59 Å². The van der Waals surface area contributed by atoms with Gasteiger partial charge in [0, 0.05) is 38.1 Å². The summed E-state index contributed by atoms with van der Waals surface area (Å²) in [6, 6.07) is 13.4. The summed E-state index contributed by atoms with van der Waals surface area (Å²) in [5.74, 6) is -0.0734. The van der Waals surface area contributed by atoms with Crippen LogP contribution in [0.1, 0.15) is 35.8 Å². The summed E-state index contributed by atoms with van der Waals surface area (Å²) in [6.45, 7) is 5.27. The zero-order valence-corrected chi connectivity index (χ0v) is 15.7. The standard InChI is InChI=1S/C21H26N4O2/c1-2-11-24-12-6-13-25(16-20(24)26)18-9-10-22-19(14-18)21(27)23-15-17-7-4-3-5-8-17/h3-5,7-10,14H,2,6,11-13,15-16H2,1H3,(H,23,27). The predicted octanol–water partition coefficient (Wildman–Crippen LogP) is 2.46. The summed E-state index contributed by atoms with van der Waals surface area (Å²) in [7, 11) is 0. The van der Waals surface area contributed by atoms with Crippen LogP contribution in [-0.2, 0) is 11.3 Å². The first kappa shape index (κ1) is 18.9. The summed E-state index contributed by atoms with van der Waals surface area (Å²) in [4.78, 5) is 33.1. The lowest BCUT2D eigenvalue weighted by Crippen LogP contribution is -2.37. The van der Waals surface area contributed by atoms with E-state index in [1.807, 2.05) is 46.2 Å². The second kappa shape index (κ2) is 9.16. The molecule has 27 heavy (non-hydrogen) atoms. The van der Waals surface area contributed by atoms with Crippen LogP contribution in [0.4, 0.5) is 5.69 Å². The molecule has 142 valence electrons. The van der Waals surface area contributed by atoms with Crippen LogP contribution in [0, 0.1) is 0 Å². The maximum Gasteiger partial charge on any atom is 0.270 e. The lowest BCUT2D eigenvalue weighted by Gasteiger charge is -2.23. The van der Waals surface area contributed by atoms with Gasteiger partial charge in [-0.1, -0.05) is 37.3 Å². The fourth-order valence-corrected chi connectivity index (χ4v) is 3.26. The highest BCUT2D eigenvalue weighted by atomic mass is 16.2. The second-order valence-corrected chi connectivity index (χ2v) is 6.72. The number of pyridine rings is 1. The van der Waals surface area contributed by atoms with Gasteiger partial charge in [-0.05, 0) is 30.5 Å². The molecule has 6 nitrogen and oxygen atoms in total. The molecule has 0 radical (unpaired) electrons. The van der Waals surface area contributed by atoms with Gasteiger partial charge >= 0.3 is 0 Å². The number of carbonyl (C=O) groups is 2. The number of anilines is 1. The van der Waals surface area contributed by atoms with E-state index in [-0.39, 0.29) is 11.8 Å². The van der Waals surface area contributed by atoms with E-state index in [1.54, 1.807) is 12.3 Å². The van der Waals surface area contributed by atoms with Crippen LogP contribution in [0.15, 0.2) is 48.7 Å². The van der Waals surface area contributed by atoms with E-state index in [4.69, 9.17) is 0 Å². The van der Waals surface area contributed by atoms with Gasteiger partial charge in [-0.25, -0.2) is 0 Å². The molecule has 0 unspecified atom stereocenters. The van der Waals surface area contributed by atoms with Crippen molar-refractivity contribution in [1.82, 2.24) is 15.2 Å². The van der Waals surface area contributed by atoms with Crippen molar-refractivity contribution in [3.63, 3.8) is 0 Å². The summed E-state index contributed by atoms with van der Waals surface area (Å²) in [6.07, 6.45) is 3.52. The van der Waals surface area contributed by atoms with E-state index in [0.29, 0.717) is 18.8 Å². The molecule has 1 aromatic carbocycles. The van der Waals surface area contributed by atoms with E-state index < -0.39 is 0 Å². The van der Waals surface area contributed by atoms with Gasteiger partial charge in [0.25, 0.3) is 5.91 Å². The third kappa shape index (κ3) is 5.06. The Labute approximate surface area is 160 Å². The van der Waals surface area contributed by atoms with Gasteiger partial charge in [-0.3, -0.25) is 14.6 Å². The van der Waals surface area contributed by atoms with Gasteiger partial charge in [-0.2, -0.15) is 0 Å². The number of carbonyl (C=O) groups excluding carboxylic acids is 2. The monoisotopic (exact) mass is 366 g/mol. The highest BCUT2D eigenvalue weighted by molar-refractivity contribution is 5.93. The zero-order valence-electron chi connectivity index (χ0n) is 15.7. The molecule has 0 aliphatic carbocycles. The molecule has 0 saturated carbocycles. The van der Waals surface area contributed by atoms with Gasteiger partial charge in [0.2, 0.25) is 5.91 Å². The Bertz CT molecular complexity index is 779. The molecule has 1 aromatic heterocycles. The Hall–Kier alpha value is -2.89. The first-order chi connectivity index (χ1) is 13.2. The minimum atomic E-state index is -0.213. The second-order valence-electron chi connectivity index (χ2n) is 6.72. The van der Waals surface area contributed by atoms with E-state index in [1.165, 1.54) is 0 Å². The topological polar surface area (TPSA) is 65.5 Å². The fourth-order valence-electron chi connectivity index (χ4n) is 3.26. The quantitative estimate of drug-likeness (QED) is 0.853. The Morgan fingerprint density at radius 1 is 1.19 bits per heavy atom. The predicted molar refractivity (Wildman–Crippen MR) is 106 cm³/mol. The number of rotatable bonds is 6. The summed E-state index contributed by atoms with van der Waals surface area (Å²) >= 11 is 0. The average molecular weight is 366 g/mol. The van der Waals surface area contributed by atoms with Crippen molar-refractivity contribution >= 4 is 17.5 Å². The van der Waals surface area contributed by atoms with Crippen LogP contribution in [0.25, 0.3) is 0 Å². The van der Waals surface area contributed by atoms with Gasteiger partial charge in [0.1, 0.15) is 5.69 Å². The number of hydrogen-bond acceptors (Lipinski definition) is 4. The molecule has 1 saturated heterocycles. The van der Waals surface area contributed by atoms with Crippen LogP contribution >= 0.6 is 0 Å². The number of benzene rings is 1. The SMILES string of the molecule is CCCN1CCCN(c2ccnc(C(=O)NCc3ccccc3)c2)CC1=O. The molecule has 3 rings (SSSR count). The van der Waals surface area contributed by atoms with Crippen molar-refractivity contribution in [2.75, 3.05) is 31.1 Å². The van der Waals surface area contributed by atoms with Crippen LogP contribution in [0.3, 0.4) is 0 Å². The minimum absolute atomic E-state index is 0.140. The van der Waals surface area contributed by atoms with Crippen molar-refractivity contribution in [3.8, 4) is 0 Å². The molecule has 1 N–H and O–H groups in total. The van der Waals surface area contributed by atoms with Crippen molar-refractivity contribution in [1.29, 1.82) is 0 Å². The van der Waals surface area contributed by atoms with Crippen LogP contribution in [0.2, 0.25) is 0 Å². The first-order valence-corrected chi connectivity index (χ1v) is 9.48. The third-order valence-electron chi connectivity index (χ3n) is 4.67. The molecule has 1 aliphatic heterocycles. The van der Waals surface area contributed by atoms with Crippen LogP contribution in [-0.4, -0.2) is 47.9 Å². The molecule has 2 amide bonds. The van der Waals surface area contributed by atoms with Crippen molar-refractivity contribution in [2.24, 2.45) is 0 Å². The lowest BCUT2D eigenvalue weighted by atomic mass is 10.2. The summed E-state index contributed by atoms with van der Waals surface area (Å²) in [5.41, 5.74) is 2.27. The molecule has 2 aromatic rings. The van der Waals surface area contributed by atoms with Gasteiger partial charge in [0.15, 0.2) is 0 Å². The van der Waals surface area contributed by atoms with E-state index in [9.17, 15) is 9.59 Å². The molecule has 1 fully saturated rings. The Kier molecular flexibility index (Phi) is 6.41. The first-order valence-electron chi connectivity index (χ1n) is 9.48. The third-order valence-corrected chi connectivity index (χ3v) is 4.67. The summed E-state index contributed by atoms with van der Waals surface area (Å²) in [5, 5.41) is 2.90. The van der Waals surface area contributed by atoms with E-state index >= 15 is 0 Å². The van der Waals surface area contributed by atoms with Gasteiger partial charge in [0.05, 0.1) is 6.54 Å². The zero-order chi connectivity index (χ0) is 19.1. The van der Waals surface area contributed by atoms with Gasteiger partial charge < -0.3 is 15.1 Å². The molecule has 0 bridgehead atoms. The smallest absolute Gasteiger partial charge is 0.270 e. The Balaban J connectivity index is 1.66. The fraction of sp³-hybridized carbons (Fsp3) is 0.381. The molecule has 2 heterocycles. The molecular formula is C21H26N4O2. The Morgan fingerprint density at radius 2 is 2.00 bits per heavy atom. The number of amides is 2. The molecule has 1 aliphatic rings. The Morgan fingerprint density at radius 3 is 2.78 bits per heavy atom. The number of aromatic nitrogens is 1. The van der Waals surface area contributed by atoms with Crippen LogP contribution < -0.4 is 10.2 Å². The number of nitrogens with zero attached hydrogens (tertiary/aromatic N) is 3. The largest absolute Gasteiger partial charge is 0.362 e. The molecule has 0 atom stereocenters. The normalized spacial score (nSPS) is 14.8. The van der Waals surface area contributed by atoms with Crippen molar-refractivity contribution in [2.45, 2.75) is 26.3 Å². The van der Waals surface area contributed by atoms with E-state index in [2.05, 4.69) is 17.2 Å². The molecule has 0 spiro atoms. The van der Waals surface area contributed by atoms with E-state index in [0.717, 1.165) is 43.7 Å². The maximum absolute atomic E-state index is 12.5. The minimum Gasteiger partial charge on any atom is -0.362 e. The molecule has 6 heteroatoms. The molecular weight excluding hydrogens is 340 g/mol. The average Bonchev–Trinajstić information content (AvgIpc) is 2.89. The highest BCUT2D eigenvalue weighted by Crippen LogP contribution is 2.18. The summed E-state index contributed by atoms with van der Waals surface area (Å²) < 4.78 is 0. The van der Waals surface area contributed by atoms with Crippen LogP contribution in [0.5, 0.6) is 0 Å².